The van der Waals surface area contributed by atoms with E-state index in [2.05, 4.69) is 10.3 Å². The number of ether oxygens (including phenoxy) is 1. The Morgan fingerprint density at radius 1 is 1.19 bits per heavy atom. The molecule has 1 unspecified atom stereocenters. The van der Waals surface area contributed by atoms with Crippen LogP contribution < -0.4 is 5.32 Å². The van der Waals surface area contributed by atoms with E-state index in [1.807, 2.05) is 23.1 Å². The molecule has 0 aliphatic carbocycles. The van der Waals surface area contributed by atoms with E-state index in [9.17, 15) is 9.59 Å². The summed E-state index contributed by atoms with van der Waals surface area (Å²) in [6.45, 7) is 3.08. The Balaban J connectivity index is 1.28. The monoisotopic (exact) mass is 373 g/mol. The molecule has 2 fully saturated rings. The first kappa shape index (κ1) is 19.8. The fraction of sp³-hybridized carbons (Fsp3) is 0.667. The number of hydrogen-bond donors (Lipinski definition) is 1. The van der Waals surface area contributed by atoms with Crippen LogP contribution in [-0.4, -0.2) is 54.0 Å². The van der Waals surface area contributed by atoms with E-state index in [0.717, 1.165) is 57.5 Å². The summed E-state index contributed by atoms with van der Waals surface area (Å²) < 4.78 is 5.52. The van der Waals surface area contributed by atoms with E-state index in [4.69, 9.17) is 4.74 Å². The number of aromatic nitrogens is 1. The van der Waals surface area contributed by atoms with E-state index in [1.54, 1.807) is 6.20 Å². The number of carbonyl (C=O) groups is 2. The van der Waals surface area contributed by atoms with Gasteiger partial charge in [-0.3, -0.25) is 14.6 Å². The first-order chi connectivity index (χ1) is 13.2. The lowest BCUT2D eigenvalue weighted by Gasteiger charge is -2.32. The van der Waals surface area contributed by atoms with Crippen LogP contribution in [0.25, 0.3) is 0 Å². The third kappa shape index (κ3) is 6.61. The minimum atomic E-state index is 0.124. The molecule has 2 aliphatic heterocycles. The van der Waals surface area contributed by atoms with E-state index in [-0.39, 0.29) is 17.9 Å². The third-order valence-electron chi connectivity index (χ3n) is 5.62. The van der Waals surface area contributed by atoms with Crippen molar-refractivity contribution in [2.45, 2.75) is 57.5 Å². The molecule has 6 nitrogen and oxygen atoms in total. The maximum absolute atomic E-state index is 12.4. The number of rotatable bonds is 8. The van der Waals surface area contributed by atoms with Gasteiger partial charge in [-0.1, -0.05) is 6.07 Å². The van der Waals surface area contributed by atoms with Crippen molar-refractivity contribution in [1.82, 2.24) is 15.2 Å². The van der Waals surface area contributed by atoms with Crippen LogP contribution in [0.15, 0.2) is 24.4 Å². The predicted molar refractivity (Wildman–Crippen MR) is 103 cm³/mol. The summed E-state index contributed by atoms with van der Waals surface area (Å²) in [7, 11) is 0. The van der Waals surface area contributed by atoms with Gasteiger partial charge in [-0.25, -0.2) is 0 Å². The highest BCUT2D eigenvalue weighted by Crippen LogP contribution is 2.22. The topological polar surface area (TPSA) is 71.5 Å². The number of amides is 2. The SMILES string of the molecule is O=C(CCC1CCN(C(=O)CCc2ccccn2)CC1)NCC1CCCO1. The Morgan fingerprint density at radius 3 is 2.74 bits per heavy atom. The van der Waals surface area contributed by atoms with Gasteiger partial charge in [0.25, 0.3) is 0 Å². The smallest absolute Gasteiger partial charge is 0.222 e. The van der Waals surface area contributed by atoms with E-state index >= 15 is 0 Å². The predicted octanol–water partition coefficient (Wildman–Crippen LogP) is 2.33. The van der Waals surface area contributed by atoms with Crippen LogP contribution in [0, 0.1) is 5.92 Å². The summed E-state index contributed by atoms with van der Waals surface area (Å²) in [5.74, 6) is 0.881. The molecule has 0 aromatic carbocycles. The zero-order valence-corrected chi connectivity index (χ0v) is 16.1. The maximum atomic E-state index is 12.4. The average molecular weight is 373 g/mol. The van der Waals surface area contributed by atoms with Gasteiger partial charge >= 0.3 is 0 Å². The zero-order chi connectivity index (χ0) is 18.9. The number of aryl methyl sites for hydroxylation is 1. The lowest BCUT2D eigenvalue weighted by atomic mass is 9.92. The number of nitrogens with one attached hydrogen (secondary N) is 1. The minimum absolute atomic E-state index is 0.124. The molecule has 1 aromatic heterocycles. The highest BCUT2D eigenvalue weighted by atomic mass is 16.5. The number of hydrogen-bond acceptors (Lipinski definition) is 4. The first-order valence-corrected chi connectivity index (χ1v) is 10.3. The summed E-state index contributed by atoms with van der Waals surface area (Å²) in [5.41, 5.74) is 0.967. The Hall–Kier alpha value is -1.95. The van der Waals surface area contributed by atoms with Gasteiger partial charge in [0.2, 0.25) is 11.8 Å². The molecule has 2 amide bonds. The van der Waals surface area contributed by atoms with E-state index in [0.29, 0.717) is 31.7 Å². The molecule has 6 heteroatoms. The molecule has 0 bridgehead atoms. The molecule has 1 aromatic rings. The van der Waals surface area contributed by atoms with Gasteiger partial charge < -0.3 is 15.0 Å². The Bertz CT molecular complexity index is 594. The van der Waals surface area contributed by atoms with Crippen molar-refractivity contribution in [2.24, 2.45) is 5.92 Å². The van der Waals surface area contributed by atoms with Crippen LogP contribution in [0.4, 0.5) is 0 Å². The van der Waals surface area contributed by atoms with E-state index in [1.165, 1.54) is 0 Å². The first-order valence-electron chi connectivity index (χ1n) is 10.3. The molecule has 1 N–H and O–H groups in total. The molecule has 3 rings (SSSR count). The summed E-state index contributed by atoms with van der Waals surface area (Å²) in [4.78, 5) is 30.6. The fourth-order valence-electron chi connectivity index (χ4n) is 3.87. The molecule has 2 saturated heterocycles. The number of piperidine rings is 1. The summed E-state index contributed by atoms with van der Waals surface area (Å²) in [5, 5.41) is 2.99. The van der Waals surface area contributed by atoms with Crippen LogP contribution in [0.2, 0.25) is 0 Å². The van der Waals surface area contributed by atoms with Gasteiger partial charge in [0, 0.05) is 51.0 Å². The molecule has 0 saturated carbocycles. The second-order valence-corrected chi connectivity index (χ2v) is 7.62. The lowest BCUT2D eigenvalue weighted by Crippen LogP contribution is -2.39. The molecular formula is C21H31N3O3. The van der Waals surface area contributed by atoms with Gasteiger partial charge in [0.05, 0.1) is 6.10 Å². The molecule has 148 valence electrons. The van der Waals surface area contributed by atoms with Crippen molar-refractivity contribution in [1.29, 1.82) is 0 Å². The molecule has 2 aliphatic rings. The maximum Gasteiger partial charge on any atom is 0.222 e. The standard InChI is InChI=1S/C21H31N3O3/c25-20(23-16-19-5-3-15-27-19)8-6-17-10-13-24(14-11-17)21(26)9-7-18-4-1-2-12-22-18/h1-2,4,12,17,19H,3,5-11,13-16H2,(H,23,25). The number of pyridine rings is 1. The summed E-state index contributed by atoms with van der Waals surface area (Å²) in [6.07, 6.45) is 8.81. The molecule has 0 radical (unpaired) electrons. The number of likely N-dealkylation sites (tertiary alicyclic amines) is 1. The number of nitrogens with zero attached hydrogens (tertiary/aromatic N) is 2. The normalized spacial score (nSPS) is 20.6. The molecule has 0 spiro atoms. The molecule has 27 heavy (non-hydrogen) atoms. The number of carbonyl (C=O) groups excluding carboxylic acids is 2. The minimum Gasteiger partial charge on any atom is -0.376 e. The van der Waals surface area contributed by atoms with E-state index < -0.39 is 0 Å². The van der Waals surface area contributed by atoms with Crippen molar-refractivity contribution in [3.63, 3.8) is 0 Å². The molecular weight excluding hydrogens is 342 g/mol. The Morgan fingerprint density at radius 2 is 2.04 bits per heavy atom. The van der Waals surface area contributed by atoms with Crippen LogP contribution in [0.1, 0.15) is 50.6 Å². The van der Waals surface area contributed by atoms with Crippen LogP contribution in [-0.2, 0) is 20.7 Å². The van der Waals surface area contributed by atoms with Gasteiger partial charge in [-0.2, -0.15) is 0 Å². The second kappa shape index (κ2) is 10.4. The highest BCUT2D eigenvalue weighted by Gasteiger charge is 2.23. The fourth-order valence-corrected chi connectivity index (χ4v) is 3.87. The zero-order valence-electron chi connectivity index (χ0n) is 16.1. The van der Waals surface area contributed by atoms with Gasteiger partial charge in [0.1, 0.15) is 0 Å². The van der Waals surface area contributed by atoms with Gasteiger partial charge in [-0.15, -0.1) is 0 Å². The quantitative estimate of drug-likeness (QED) is 0.759. The van der Waals surface area contributed by atoms with Crippen molar-refractivity contribution < 1.29 is 14.3 Å². The van der Waals surface area contributed by atoms with Crippen molar-refractivity contribution >= 4 is 11.8 Å². The second-order valence-electron chi connectivity index (χ2n) is 7.62. The van der Waals surface area contributed by atoms with Gasteiger partial charge in [-0.05, 0) is 56.6 Å². The summed E-state index contributed by atoms with van der Waals surface area (Å²) >= 11 is 0. The Kier molecular flexibility index (Phi) is 7.63. The van der Waals surface area contributed by atoms with Crippen LogP contribution >= 0.6 is 0 Å². The van der Waals surface area contributed by atoms with Crippen LogP contribution in [0.5, 0.6) is 0 Å². The molecule has 1 atom stereocenters. The largest absolute Gasteiger partial charge is 0.376 e. The van der Waals surface area contributed by atoms with Crippen molar-refractivity contribution in [3.05, 3.63) is 30.1 Å². The Labute approximate surface area is 161 Å². The van der Waals surface area contributed by atoms with Gasteiger partial charge in [0.15, 0.2) is 0 Å². The highest BCUT2D eigenvalue weighted by molar-refractivity contribution is 5.76. The molecule has 3 heterocycles. The summed E-state index contributed by atoms with van der Waals surface area (Å²) in [6, 6.07) is 5.80. The third-order valence-corrected chi connectivity index (χ3v) is 5.62. The average Bonchev–Trinajstić information content (AvgIpc) is 3.24. The van der Waals surface area contributed by atoms with Crippen molar-refractivity contribution in [2.75, 3.05) is 26.2 Å². The lowest BCUT2D eigenvalue weighted by molar-refractivity contribution is -0.132. The van der Waals surface area contributed by atoms with Crippen LogP contribution in [0.3, 0.4) is 0 Å². The van der Waals surface area contributed by atoms with Crippen molar-refractivity contribution in [3.8, 4) is 0 Å².